The Balaban J connectivity index is 2.93. The molecule has 202 valence electrons. The number of carbonyl (C=O) groups excluding carboxylic acids is 5. The number of primary amides is 2. The van der Waals surface area contributed by atoms with Crippen molar-refractivity contribution in [1.29, 1.82) is 0 Å². The Bertz CT molecular complexity index is 876. The summed E-state index contributed by atoms with van der Waals surface area (Å²) >= 11 is 0. The molecule has 1 rings (SSSR count). The quantitative estimate of drug-likeness (QED) is 0.0590. The molecule has 0 aromatic rings. The molecule has 0 radical (unpaired) electrons. The van der Waals surface area contributed by atoms with Crippen LogP contribution in [0.3, 0.4) is 0 Å². The van der Waals surface area contributed by atoms with Crippen LogP contribution in [0.15, 0.2) is 4.99 Å². The fourth-order valence-electron chi connectivity index (χ4n) is 3.66. The molecule has 1 fully saturated rings. The van der Waals surface area contributed by atoms with E-state index in [4.69, 9.17) is 28.7 Å². The molecule has 36 heavy (non-hydrogen) atoms. The highest BCUT2D eigenvalue weighted by atomic mass is 16.4. The van der Waals surface area contributed by atoms with Crippen LogP contribution in [-0.2, 0) is 28.8 Å². The van der Waals surface area contributed by atoms with E-state index in [1.54, 1.807) is 0 Å². The van der Waals surface area contributed by atoms with Gasteiger partial charge in [-0.25, -0.2) is 4.79 Å². The van der Waals surface area contributed by atoms with Crippen LogP contribution in [-0.4, -0.2) is 88.7 Å². The molecule has 0 aromatic carbocycles. The van der Waals surface area contributed by atoms with Gasteiger partial charge >= 0.3 is 5.97 Å². The van der Waals surface area contributed by atoms with E-state index in [1.165, 1.54) is 4.90 Å². The normalized spacial score (nSPS) is 17.4. The number of nitrogens with two attached hydrogens (primary N) is 5. The zero-order valence-corrected chi connectivity index (χ0v) is 19.9. The minimum absolute atomic E-state index is 0.0492. The molecule has 4 atom stereocenters. The van der Waals surface area contributed by atoms with Crippen molar-refractivity contribution in [3.05, 3.63) is 0 Å². The van der Waals surface area contributed by atoms with Crippen LogP contribution < -0.4 is 39.3 Å². The van der Waals surface area contributed by atoms with E-state index in [9.17, 15) is 33.9 Å². The van der Waals surface area contributed by atoms with Crippen LogP contribution in [0.25, 0.3) is 0 Å². The Morgan fingerprint density at radius 2 is 1.64 bits per heavy atom. The summed E-state index contributed by atoms with van der Waals surface area (Å²) in [5, 5.41) is 14.3. The lowest BCUT2D eigenvalue weighted by molar-refractivity contribution is -0.145. The molecule has 0 spiro atoms. The number of carboxylic acid groups (broad SMARTS) is 1. The first-order valence-electron chi connectivity index (χ1n) is 11.3. The van der Waals surface area contributed by atoms with Gasteiger partial charge in [-0.3, -0.25) is 29.0 Å². The van der Waals surface area contributed by atoms with Crippen molar-refractivity contribution in [3.63, 3.8) is 0 Å². The molecular weight excluding hydrogens is 478 g/mol. The van der Waals surface area contributed by atoms with Gasteiger partial charge in [-0.2, -0.15) is 0 Å². The Hall–Kier alpha value is -3.95. The average molecular weight is 514 g/mol. The standard InChI is InChI=1S/C20H35N9O7/c21-10(9-15(23)31)16(32)27-11(5-6-14(22)30)18(34)29-8-2-4-13(29)17(33)28-12(19(35)36)3-1-7-26-20(24)25/h10-13H,1-9,21H2,(H2,22,30)(H2,23,31)(H,27,32)(H,28,33)(H,35,36)(H4,24,25,26). The van der Waals surface area contributed by atoms with Gasteiger partial charge in [-0.15, -0.1) is 0 Å². The maximum absolute atomic E-state index is 13.2. The number of carbonyl (C=O) groups is 6. The van der Waals surface area contributed by atoms with Gasteiger partial charge in [0.2, 0.25) is 29.5 Å². The number of nitrogens with zero attached hydrogens (tertiary/aromatic N) is 2. The van der Waals surface area contributed by atoms with Crippen LogP contribution in [0.4, 0.5) is 0 Å². The maximum Gasteiger partial charge on any atom is 0.326 e. The number of aliphatic imine (C=N–C) groups is 1. The number of hydrogen-bond donors (Lipinski definition) is 8. The van der Waals surface area contributed by atoms with Gasteiger partial charge in [0.15, 0.2) is 5.96 Å². The van der Waals surface area contributed by atoms with E-state index in [2.05, 4.69) is 15.6 Å². The van der Waals surface area contributed by atoms with Gasteiger partial charge in [-0.05, 0) is 32.1 Å². The second-order valence-corrected chi connectivity index (χ2v) is 8.38. The van der Waals surface area contributed by atoms with E-state index < -0.39 is 66.1 Å². The fraction of sp³-hybridized carbons (Fsp3) is 0.650. The minimum Gasteiger partial charge on any atom is -0.480 e. The third-order valence-electron chi connectivity index (χ3n) is 5.45. The highest BCUT2D eigenvalue weighted by Crippen LogP contribution is 2.20. The predicted octanol–water partition coefficient (Wildman–Crippen LogP) is -4.45. The molecule has 1 aliphatic rings. The van der Waals surface area contributed by atoms with Crippen molar-refractivity contribution in [2.75, 3.05) is 13.1 Å². The Morgan fingerprint density at radius 3 is 2.19 bits per heavy atom. The van der Waals surface area contributed by atoms with Crippen molar-refractivity contribution in [1.82, 2.24) is 15.5 Å². The van der Waals surface area contributed by atoms with Gasteiger partial charge in [-0.1, -0.05) is 0 Å². The summed E-state index contributed by atoms with van der Waals surface area (Å²) in [6.45, 7) is 0.338. The average Bonchev–Trinajstić information content (AvgIpc) is 3.27. The first-order valence-corrected chi connectivity index (χ1v) is 11.3. The molecule has 5 amide bonds. The largest absolute Gasteiger partial charge is 0.480 e. The topological polar surface area (TPSA) is 292 Å². The summed E-state index contributed by atoms with van der Waals surface area (Å²) in [6, 6.07) is -4.81. The zero-order chi connectivity index (χ0) is 27.4. The third kappa shape index (κ3) is 10.1. The van der Waals surface area contributed by atoms with E-state index >= 15 is 0 Å². The zero-order valence-electron chi connectivity index (χ0n) is 19.9. The summed E-state index contributed by atoms with van der Waals surface area (Å²) in [6.07, 6.45) is 0.166. The van der Waals surface area contributed by atoms with Gasteiger partial charge in [0.25, 0.3) is 0 Å². The van der Waals surface area contributed by atoms with E-state index in [1.807, 2.05) is 0 Å². The molecule has 0 bridgehead atoms. The van der Waals surface area contributed by atoms with Crippen molar-refractivity contribution in [2.45, 2.75) is 69.1 Å². The summed E-state index contributed by atoms with van der Waals surface area (Å²) in [4.78, 5) is 77.4. The summed E-state index contributed by atoms with van der Waals surface area (Å²) < 4.78 is 0. The number of likely N-dealkylation sites (tertiary alicyclic amines) is 1. The Kier molecular flexibility index (Phi) is 12.1. The fourth-order valence-corrected chi connectivity index (χ4v) is 3.66. The van der Waals surface area contributed by atoms with Crippen LogP contribution in [0, 0.1) is 0 Å². The maximum atomic E-state index is 13.2. The lowest BCUT2D eigenvalue weighted by Crippen LogP contribution is -2.57. The highest BCUT2D eigenvalue weighted by molar-refractivity contribution is 5.95. The summed E-state index contributed by atoms with van der Waals surface area (Å²) in [5.74, 6) is -5.14. The van der Waals surface area contributed by atoms with Gasteiger partial charge < -0.3 is 49.3 Å². The van der Waals surface area contributed by atoms with E-state index in [-0.39, 0.29) is 51.2 Å². The first kappa shape index (κ1) is 30.1. The number of nitrogens with one attached hydrogen (secondary N) is 2. The Morgan fingerprint density at radius 1 is 0.972 bits per heavy atom. The van der Waals surface area contributed by atoms with Crippen LogP contribution in [0.5, 0.6) is 0 Å². The van der Waals surface area contributed by atoms with E-state index in [0.717, 1.165) is 0 Å². The van der Waals surface area contributed by atoms with Crippen molar-refractivity contribution >= 4 is 41.5 Å². The molecule has 0 aliphatic carbocycles. The van der Waals surface area contributed by atoms with Crippen molar-refractivity contribution < 1.29 is 33.9 Å². The number of guanidine groups is 1. The SMILES string of the molecule is NC(=O)CCC(NC(=O)C(N)CC(N)=O)C(=O)N1CCCC1C(=O)NC(CCCN=C(N)N)C(=O)O. The molecule has 1 saturated heterocycles. The molecule has 1 heterocycles. The van der Waals surface area contributed by atoms with E-state index in [0.29, 0.717) is 6.42 Å². The smallest absolute Gasteiger partial charge is 0.326 e. The van der Waals surface area contributed by atoms with Crippen LogP contribution in [0.2, 0.25) is 0 Å². The number of hydrogen-bond acceptors (Lipinski definition) is 8. The number of rotatable bonds is 15. The van der Waals surface area contributed by atoms with Gasteiger partial charge in [0.1, 0.15) is 18.1 Å². The number of carboxylic acids is 1. The minimum atomic E-state index is -1.32. The number of aliphatic carboxylic acids is 1. The van der Waals surface area contributed by atoms with Gasteiger partial charge in [0.05, 0.1) is 12.5 Å². The van der Waals surface area contributed by atoms with Crippen LogP contribution >= 0.6 is 0 Å². The molecule has 16 heteroatoms. The molecule has 0 saturated carbocycles. The second kappa shape index (κ2) is 14.4. The summed E-state index contributed by atoms with van der Waals surface area (Å²) in [5.41, 5.74) is 26.3. The lowest BCUT2D eigenvalue weighted by atomic mass is 10.1. The first-order chi connectivity index (χ1) is 16.8. The molecule has 0 aromatic heterocycles. The number of amides is 5. The van der Waals surface area contributed by atoms with Crippen molar-refractivity contribution in [2.24, 2.45) is 33.7 Å². The highest BCUT2D eigenvalue weighted by Gasteiger charge is 2.39. The van der Waals surface area contributed by atoms with Crippen molar-refractivity contribution in [3.8, 4) is 0 Å². The second-order valence-electron chi connectivity index (χ2n) is 8.38. The molecule has 1 aliphatic heterocycles. The third-order valence-corrected chi connectivity index (χ3v) is 5.45. The molecule has 13 N–H and O–H groups in total. The van der Waals surface area contributed by atoms with Crippen LogP contribution in [0.1, 0.15) is 44.9 Å². The Labute approximate surface area is 207 Å². The van der Waals surface area contributed by atoms with Gasteiger partial charge in [0, 0.05) is 19.5 Å². The molecular formula is C20H35N9O7. The molecule has 4 unspecified atom stereocenters. The summed E-state index contributed by atoms with van der Waals surface area (Å²) in [7, 11) is 0. The predicted molar refractivity (Wildman–Crippen MR) is 126 cm³/mol. The molecule has 16 nitrogen and oxygen atoms in total. The lowest BCUT2D eigenvalue weighted by Gasteiger charge is -2.29. The monoisotopic (exact) mass is 513 g/mol.